The van der Waals surface area contributed by atoms with E-state index in [0.29, 0.717) is 12.8 Å². The maximum atomic E-state index is 14.5. The van der Waals surface area contributed by atoms with E-state index >= 15 is 0 Å². The fourth-order valence-electron chi connectivity index (χ4n) is 7.16. The van der Waals surface area contributed by atoms with Gasteiger partial charge in [-0.15, -0.1) is 0 Å². The Kier molecular flexibility index (Phi) is 8.83. The summed E-state index contributed by atoms with van der Waals surface area (Å²) in [6.07, 6.45) is 4.42. The van der Waals surface area contributed by atoms with Crippen LogP contribution in [0.4, 0.5) is 0 Å². The number of aromatic nitrogens is 6. The van der Waals surface area contributed by atoms with Crippen molar-refractivity contribution >= 4 is 55.2 Å². The fraction of sp³-hybridized carbons (Fsp3) is 0.150. The summed E-state index contributed by atoms with van der Waals surface area (Å²) in [6.45, 7) is 0.142. The molecule has 0 bridgehead atoms. The van der Waals surface area contributed by atoms with E-state index in [0.717, 1.165) is 42.3 Å². The number of carbonyl (C=O) groups excluding carboxylic acids is 2. The van der Waals surface area contributed by atoms with Gasteiger partial charge in [0.25, 0.3) is 22.2 Å². The van der Waals surface area contributed by atoms with Crippen molar-refractivity contribution < 1.29 is 9.59 Å². The Balaban J connectivity index is 1.23. The lowest BCUT2D eigenvalue weighted by Crippen LogP contribution is -2.52. The predicted octanol–water partition coefficient (Wildman–Crippen LogP) is 3.16. The molecule has 4 aromatic carbocycles. The highest BCUT2D eigenvalue weighted by atomic mass is 16.2. The molecule has 4 aromatic heterocycles. The zero-order valence-electron chi connectivity index (χ0n) is 28.7. The number of hydrogen-bond donors (Lipinski definition) is 6. The number of aromatic amines is 4. The monoisotopic (exact) mass is 722 g/mol. The van der Waals surface area contributed by atoms with Crippen molar-refractivity contribution in [3.8, 4) is 0 Å². The molecule has 0 aliphatic heterocycles. The lowest BCUT2D eigenvalue weighted by Gasteiger charge is -2.28. The van der Waals surface area contributed by atoms with Gasteiger partial charge in [-0.3, -0.25) is 39.0 Å². The molecule has 14 nitrogen and oxygen atoms in total. The van der Waals surface area contributed by atoms with Gasteiger partial charge in [0.15, 0.2) is 12.1 Å². The van der Waals surface area contributed by atoms with Crippen LogP contribution in [0.1, 0.15) is 23.2 Å². The molecule has 0 saturated carbocycles. The summed E-state index contributed by atoms with van der Waals surface area (Å²) in [7, 11) is 0. The van der Waals surface area contributed by atoms with Crippen LogP contribution < -0.4 is 32.9 Å². The molecule has 270 valence electrons. The van der Waals surface area contributed by atoms with Crippen LogP contribution in [0.5, 0.6) is 0 Å². The van der Waals surface area contributed by atoms with Gasteiger partial charge < -0.3 is 20.6 Å². The molecule has 2 unspecified atom stereocenters. The van der Waals surface area contributed by atoms with Crippen molar-refractivity contribution in [3.05, 3.63) is 162 Å². The second-order valence-corrected chi connectivity index (χ2v) is 13.0. The SMILES string of the molecule is O=C(NCCc1c[nH]c2ccccc12)C(C(C(=O)NCCc1c[nH]c2ccccc12)n1[nH]c(=O)c2ccccc2c1=O)n1[nH]c(=O)c2ccccc2c1=O. The summed E-state index contributed by atoms with van der Waals surface area (Å²) < 4.78 is 1.55. The van der Waals surface area contributed by atoms with Crippen LogP contribution in [-0.2, 0) is 22.4 Å². The van der Waals surface area contributed by atoms with Crippen molar-refractivity contribution in [1.29, 1.82) is 0 Å². The molecule has 2 amide bonds. The second-order valence-electron chi connectivity index (χ2n) is 13.0. The summed E-state index contributed by atoms with van der Waals surface area (Å²) in [4.78, 5) is 90.6. The molecule has 0 radical (unpaired) electrons. The van der Waals surface area contributed by atoms with Crippen molar-refractivity contribution in [2.45, 2.75) is 24.9 Å². The Morgan fingerprint density at radius 2 is 0.852 bits per heavy atom. The van der Waals surface area contributed by atoms with Crippen molar-refractivity contribution in [2.75, 3.05) is 13.1 Å². The van der Waals surface area contributed by atoms with Crippen LogP contribution in [0.3, 0.4) is 0 Å². The van der Waals surface area contributed by atoms with Crippen LogP contribution in [0.25, 0.3) is 43.4 Å². The third-order valence-corrected chi connectivity index (χ3v) is 9.82. The minimum atomic E-state index is -1.85. The Labute approximate surface area is 304 Å². The van der Waals surface area contributed by atoms with Crippen LogP contribution in [0, 0.1) is 0 Å². The van der Waals surface area contributed by atoms with Gasteiger partial charge in [-0.1, -0.05) is 60.7 Å². The predicted molar refractivity (Wildman–Crippen MR) is 206 cm³/mol. The lowest BCUT2D eigenvalue weighted by atomic mass is 10.0. The van der Waals surface area contributed by atoms with Crippen LogP contribution in [-0.4, -0.2) is 54.4 Å². The van der Waals surface area contributed by atoms with Crippen molar-refractivity contribution in [1.82, 2.24) is 40.2 Å². The number of para-hydroxylation sites is 2. The summed E-state index contributed by atoms with van der Waals surface area (Å²) >= 11 is 0. The zero-order valence-corrected chi connectivity index (χ0v) is 28.7. The van der Waals surface area contributed by atoms with E-state index < -0.39 is 46.1 Å². The maximum absolute atomic E-state index is 14.5. The topological polar surface area (TPSA) is 199 Å². The number of nitrogens with zero attached hydrogens (tertiary/aromatic N) is 2. The van der Waals surface area contributed by atoms with Gasteiger partial charge in [0.1, 0.15) is 0 Å². The normalized spacial score (nSPS) is 12.7. The summed E-state index contributed by atoms with van der Waals surface area (Å²) in [5.74, 6) is -1.69. The van der Waals surface area contributed by atoms with E-state index in [4.69, 9.17) is 0 Å². The standard InChI is InChI=1S/C40H34N8O6/c49-35-27-11-1-3-13-29(27)39(53)47(45-35)33(37(51)41-19-17-23-21-43-31-15-7-5-9-25(23)31)34(48-40(54)30-14-4-2-12-28(30)36(50)46-48)38(52)42-20-18-24-22-44-32-16-8-6-10-26(24)32/h1-16,21-22,33-34,43-44H,17-20H2,(H,41,51)(H,42,52)(H,45,49)(H,46,50). The molecular weight excluding hydrogens is 688 g/mol. The number of carbonyl (C=O) groups is 2. The Morgan fingerprint density at radius 3 is 1.26 bits per heavy atom. The Hall–Kier alpha value is -7.22. The first-order valence-corrected chi connectivity index (χ1v) is 17.4. The molecule has 0 saturated heterocycles. The van der Waals surface area contributed by atoms with Crippen molar-refractivity contribution in [3.63, 3.8) is 0 Å². The molecule has 8 aromatic rings. The van der Waals surface area contributed by atoms with E-state index in [-0.39, 0.29) is 34.6 Å². The molecule has 14 heteroatoms. The largest absolute Gasteiger partial charge is 0.361 e. The zero-order chi connectivity index (χ0) is 37.3. The number of fused-ring (bicyclic) bond motifs is 4. The van der Waals surface area contributed by atoms with Crippen LogP contribution in [0.15, 0.2) is 129 Å². The summed E-state index contributed by atoms with van der Waals surface area (Å²) in [5.41, 5.74) is 0.714. The minimum Gasteiger partial charge on any atom is -0.361 e. The first kappa shape index (κ1) is 33.9. The molecule has 0 aliphatic carbocycles. The van der Waals surface area contributed by atoms with E-state index in [1.807, 2.05) is 60.9 Å². The van der Waals surface area contributed by atoms with Gasteiger partial charge >= 0.3 is 0 Å². The van der Waals surface area contributed by atoms with E-state index in [1.54, 1.807) is 24.3 Å². The van der Waals surface area contributed by atoms with E-state index in [9.17, 15) is 28.8 Å². The quantitative estimate of drug-likeness (QED) is 0.119. The molecule has 0 spiro atoms. The molecule has 4 heterocycles. The summed E-state index contributed by atoms with van der Waals surface area (Å²) in [5, 5.41) is 12.7. The number of H-pyrrole nitrogens is 4. The number of amides is 2. The molecule has 54 heavy (non-hydrogen) atoms. The van der Waals surface area contributed by atoms with Gasteiger partial charge in [-0.2, -0.15) is 0 Å². The van der Waals surface area contributed by atoms with E-state index in [2.05, 4.69) is 30.8 Å². The molecule has 0 aliphatic rings. The minimum absolute atomic E-state index is 0.00399. The maximum Gasteiger partial charge on any atom is 0.273 e. The highest BCUT2D eigenvalue weighted by Gasteiger charge is 2.40. The Morgan fingerprint density at radius 1 is 0.500 bits per heavy atom. The van der Waals surface area contributed by atoms with Crippen LogP contribution in [0.2, 0.25) is 0 Å². The van der Waals surface area contributed by atoms with Crippen LogP contribution >= 0.6 is 0 Å². The Bertz CT molecular complexity index is 2760. The fourth-order valence-corrected chi connectivity index (χ4v) is 7.16. The number of nitrogens with one attached hydrogen (secondary N) is 6. The highest BCUT2D eigenvalue weighted by Crippen LogP contribution is 2.24. The highest BCUT2D eigenvalue weighted by molar-refractivity contribution is 5.91. The third kappa shape index (κ3) is 6.08. The van der Waals surface area contributed by atoms with Gasteiger partial charge in [0.2, 0.25) is 11.8 Å². The number of hydrogen-bond acceptors (Lipinski definition) is 6. The average molecular weight is 723 g/mol. The second kappa shape index (κ2) is 14.1. The average Bonchev–Trinajstić information content (AvgIpc) is 3.81. The molecule has 2 atom stereocenters. The molecule has 6 N–H and O–H groups in total. The van der Waals surface area contributed by atoms with Gasteiger partial charge in [0, 0.05) is 47.3 Å². The number of rotatable bonds is 11. The van der Waals surface area contributed by atoms with Gasteiger partial charge in [-0.25, -0.2) is 9.36 Å². The smallest absolute Gasteiger partial charge is 0.273 e. The van der Waals surface area contributed by atoms with E-state index in [1.165, 1.54) is 24.3 Å². The lowest BCUT2D eigenvalue weighted by molar-refractivity contribution is -0.134. The van der Waals surface area contributed by atoms with Gasteiger partial charge in [-0.05, 0) is 60.4 Å². The molecule has 8 rings (SSSR count). The first-order chi connectivity index (χ1) is 26.3. The molecule has 0 fully saturated rings. The van der Waals surface area contributed by atoms with Gasteiger partial charge in [0.05, 0.1) is 21.5 Å². The number of benzene rings is 4. The molecular formula is C40H34N8O6. The first-order valence-electron chi connectivity index (χ1n) is 17.4. The third-order valence-electron chi connectivity index (χ3n) is 9.82. The van der Waals surface area contributed by atoms with Crippen molar-refractivity contribution in [2.24, 2.45) is 0 Å². The summed E-state index contributed by atoms with van der Waals surface area (Å²) in [6, 6.07) is 23.8.